The van der Waals surface area contributed by atoms with Crippen molar-refractivity contribution in [2.24, 2.45) is 34.5 Å². The van der Waals surface area contributed by atoms with Gasteiger partial charge < -0.3 is 20.3 Å². The maximum absolute atomic E-state index is 12.1. The van der Waals surface area contributed by atoms with Gasteiger partial charge in [-0.05, 0) is 50.4 Å². The number of rotatable bonds is 12. The average Bonchev–Trinajstić information content (AvgIpc) is 2.62. The molecule has 0 fully saturated rings. The van der Waals surface area contributed by atoms with Crippen molar-refractivity contribution in [2.75, 3.05) is 19.8 Å². The van der Waals surface area contributed by atoms with E-state index < -0.39 is 11.5 Å². The molecular formula is C25H51NO5. The zero-order chi connectivity index (χ0) is 25.0. The minimum absolute atomic E-state index is 0.0529. The molecule has 0 aromatic rings. The summed E-state index contributed by atoms with van der Waals surface area (Å²) in [5.41, 5.74) is -0.785. The summed E-state index contributed by atoms with van der Waals surface area (Å²) in [5.74, 6) is 1.34. The second-order valence-electron chi connectivity index (χ2n) is 10.8. The molecule has 0 rings (SSSR count). The van der Waals surface area contributed by atoms with E-state index in [1.807, 2.05) is 27.7 Å². The van der Waals surface area contributed by atoms with Gasteiger partial charge in [0.05, 0.1) is 18.1 Å². The Hall–Kier alpha value is -1.14. The molecule has 0 aliphatic rings. The average molecular weight is 446 g/mol. The minimum Gasteiger partial charge on any atom is -0.463 e. The van der Waals surface area contributed by atoms with E-state index in [2.05, 4.69) is 46.9 Å². The number of esters is 1. The Balaban J connectivity index is 0. The molecule has 0 spiro atoms. The van der Waals surface area contributed by atoms with Crippen LogP contribution in [0.15, 0.2) is 0 Å². The molecule has 0 aromatic carbocycles. The molecule has 0 radical (unpaired) electrons. The predicted octanol–water partition coefficient (Wildman–Crippen LogP) is 4.42. The van der Waals surface area contributed by atoms with Crippen LogP contribution in [-0.2, 0) is 14.3 Å². The lowest BCUT2D eigenvalue weighted by Gasteiger charge is -2.34. The predicted molar refractivity (Wildman–Crippen MR) is 128 cm³/mol. The molecule has 3 N–H and O–H groups in total. The van der Waals surface area contributed by atoms with E-state index in [4.69, 9.17) is 9.84 Å². The number of aliphatic hydroxyl groups is 2. The number of ether oxygens (including phenoxy) is 1. The van der Waals surface area contributed by atoms with Crippen molar-refractivity contribution in [3.63, 3.8) is 0 Å². The number of hydrogen-bond donors (Lipinski definition) is 3. The fourth-order valence-electron chi connectivity index (χ4n) is 3.59. The van der Waals surface area contributed by atoms with Crippen LogP contribution in [0.5, 0.6) is 0 Å². The van der Waals surface area contributed by atoms with E-state index in [1.165, 1.54) is 0 Å². The zero-order valence-corrected chi connectivity index (χ0v) is 22.0. The molecule has 0 heterocycles. The van der Waals surface area contributed by atoms with Crippen molar-refractivity contribution in [1.82, 2.24) is 5.32 Å². The molecule has 31 heavy (non-hydrogen) atoms. The number of amides is 1. The monoisotopic (exact) mass is 445 g/mol. The van der Waals surface area contributed by atoms with Crippen LogP contribution in [0, 0.1) is 34.5 Å². The van der Waals surface area contributed by atoms with E-state index >= 15 is 0 Å². The summed E-state index contributed by atoms with van der Waals surface area (Å²) in [5, 5.41) is 20.6. The molecule has 186 valence electrons. The van der Waals surface area contributed by atoms with Crippen LogP contribution in [0.1, 0.15) is 89.0 Å². The lowest BCUT2D eigenvalue weighted by molar-refractivity contribution is -0.160. The Morgan fingerprint density at radius 1 is 0.839 bits per heavy atom. The third kappa shape index (κ3) is 11.9. The van der Waals surface area contributed by atoms with Crippen LogP contribution in [0.2, 0.25) is 0 Å². The van der Waals surface area contributed by atoms with Gasteiger partial charge in [0.25, 0.3) is 0 Å². The van der Waals surface area contributed by atoms with Gasteiger partial charge in [0.1, 0.15) is 6.61 Å². The van der Waals surface area contributed by atoms with Gasteiger partial charge in [-0.1, -0.05) is 62.3 Å². The fraction of sp³-hybridized carbons (Fsp3) is 0.920. The van der Waals surface area contributed by atoms with Crippen molar-refractivity contribution in [2.45, 2.75) is 95.1 Å². The molecule has 0 saturated carbocycles. The van der Waals surface area contributed by atoms with Crippen LogP contribution in [0.4, 0.5) is 0 Å². The highest BCUT2D eigenvalue weighted by molar-refractivity contribution is 5.82. The Bertz CT molecular complexity index is 516. The number of carbonyl (C=O) groups excluding carboxylic acids is 2. The van der Waals surface area contributed by atoms with Crippen LogP contribution >= 0.6 is 0 Å². The quantitative estimate of drug-likeness (QED) is 0.386. The molecule has 0 aromatic heterocycles. The van der Waals surface area contributed by atoms with Crippen LogP contribution in [0.25, 0.3) is 0 Å². The minimum atomic E-state index is -0.487. The number of aliphatic hydroxyl groups excluding tert-OH is 2. The molecule has 6 heteroatoms. The molecule has 0 saturated heterocycles. The first-order valence-electron chi connectivity index (χ1n) is 11.8. The lowest BCUT2D eigenvalue weighted by atomic mass is 9.72. The van der Waals surface area contributed by atoms with Gasteiger partial charge in [0.15, 0.2) is 0 Å². The molecule has 6 nitrogen and oxygen atoms in total. The summed E-state index contributed by atoms with van der Waals surface area (Å²) >= 11 is 0. The molecule has 0 aliphatic heterocycles. The highest BCUT2D eigenvalue weighted by Crippen LogP contribution is 2.36. The highest BCUT2D eigenvalue weighted by atomic mass is 16.5. The van der Waals surface area contributed by atoms with Crippen molar-refractivity contribution >= 4 is 11.9 Å². The van der Waals surface area contributed by atoms with Gasteiger partial charge >= 0.3 is 5.97 Å². The van der Waals surface area contributed by atoms with Gasteiger partial charge in [-0.3, -0.25) is 9.59 Å². The van der Waals surface area contributed by atoms with Crippen LogP contribution < -0.4 is 5.32 Å². The largest absolute Gasteiger partial charge is 0.463 e. The number of nitrogens with one attached hydrogen (secondary N) is 1. The topological polar surface area (TPSA) is 95.9 Å². The molecule has 3 atom stereocenters. The van der Waals surface area contributed by atoms with Crippen LogP contribution in [-0.4, -0.2) is 48.0 Å². The van der Waals surface area contributed by atoms with Gasteiger partial charge in [-0.15, -0.1) is 0 Å². The van der Waals surface area contributed by atoms with E-state index in [1.54, 1.807) is 6.92 Å². The summed E-state index contributed by atoms with van der Waals surface area (Å²) in [4.78, 5) is 24.0. The van der Waals surface area contributed by atoms with E-state index in [0.717, 1.165) is 12.8 Å². The Morgan fingerprint density at radius 3 is 1.58 bits per heavy atom. The van der Waals surface area contributed by atoms with E-state index in [9.17, 15) is 14.7 Å². The Morgan fingerprint density at radius 2 is 1.26 bits per heavy atom. The first-order chi connectivity index (χ1) is 14.0. The summed E-state index contributed by atoms with van der Waals surface area (Å²) in [6.45, 7) is 22.6. The maximum Gasteiger partial charge on any atom is 0.312 e. The van der Waals surface area contributed by atoms with Crippen molar-refractivity contribution in [3.8, 4) is 0 Å². The van der Waals surface area contributed by atoms with Gasteiger partial charge in [-0.2, -0.15) is 0 Å². The van der Waals surface area contributed by atoms with E-state index in [-0.39, 0.29) is 36.4 Å². The van der Waals surface area contributed by atoms with Crippen molar-refractivity contribution in [3.05, 3.63) is 0 Å². The second-order valence-corrected chi connectivity index (χ2v) is 10.8. The third-order valence-corrected chi connectivity index (χ3v) is 6.08. The highest BCUT2D eigenvalue weighted by Gasteiger charge is 2.38. The number of carbonyl (C=O) groups is 2. The van der Waals surface area contributed by atoms with Gasteiger partial charge in [0, 0.05) is 12.0 Å². The van der Waals surface area contributed by atoms with Crippen molar-refractivity contribution in [1.29, 1.82) is 0 Å². The first-order valence-corrected chi connectivity index (χ1v) is 11.8. The standard InChI is InChI=1S/C13H27NO2.C12H24O3/c1-9(2)7-13(6,10(3)4)12(16)14-8-11(5)15;1-9(2)8-12(5,10(3)4)11(14)15-7-6-13/h9-11,15H,7-8H2,1-6H3,(H,14,16);9-10,13H,6-8H2,1-5H3. The second kappa shape index (κ2) is 14.8. The first kappa shape index (κ1) is 32.0. The molecule has 3 unspecified atom stereocenters. The molecule has 1 amide bonds. The van der Waals surface area contributed by atoms with Gasteiger partial charge in [0.2, 0.25) is 5.91 Å². The van der Waals surface area contributed by atoms with Crippen molar-refractivity contribution < 1.29 is 24.5 Å². The fourth-order valence-corrected chi connectivity index (χ4v) is 3.59. The summed E-state index contributed by atoms with van der Waals surface area (Å²) in [6.07, 6.45) is 1.20. The summed E-state index contributed by atoms with van der Waals surface area (Å²) in [7, 11) is 0. The molecule has 0 bridgehead atoms. The Labute approximate surface area is 191 Å². The SMILES string of the molecule is CC(C)CC(C)(C(=O)NCC(C)O)C(C)C.CC(C)CC(C)(C(=O)OCCO)C(C)C. The Kier molecular flexibility index (Phi) is 15.3. The molecular weight excluding hydrogens is 394 g/mol. The van der Waals surface area contributed by atoms with Crippen LogP contribution in [0.3, 0.4) is 0 Å². The van der Waals surface area contributed by atoms with Gasteiger partial charge in [-0.25, -0.2) is 0 Å². The maximum atomic E-state index is 12.1. The smallest absolute Gasteiger partial charge is 0.312 e. The zero-order valence-electron chi connectivity index (χ0n) is 22.0. The summed E-state index contributed by atoms with van der Waals surface area (Å²) in [6, 6.07) is 0. The number of hydrogen-bond acceptors (Lipinski definition) is 5. The third-order valence-electron chi connectivity index (χ3n) is 6.08. The summed E-state index contributed by atoms with van der Waals surface area (Å²) < 4.78 is 5.03. The van der Waals surface area contributed by atoms with E-state index in [0.29, 0.717) is 24.3 Å². The normalized spacial score (nSPS) is 16.4. The molecule has 0 aliphatic carbocycles. The lowest BCUT2D eigenvalue weighted by Crippen LogP contribution is -2.45.